The molecule has 31 heavy (non-hydrogen) atoms. The average Bonchev–Trinajstić information content (AvgIpc) is 2.77. The predicted octanol–water partition coefficient (Wildman–Crippen LogP) is 3.24. The maximum absolute atomic E-state index is 12.4. The van der Waals surface area contributed by atoms with Crippen LogP contribution in [0.25, 0.3) is 0 Å². The molecule has 0 fully saturated rings. The number of carbonyl (C=O) groups is 1. The lowest BCUT2D eigenvalue weighted by Crippen LogP contribution is -2.28. The zero-order valence-electron chi connectivity index (χ0n) is 16.3. The summed E-state index contributed by atoms with van der Waals surface area (Å²) in [4.78, 5) is 22.8. The molecule has 0 aliphatic rings. The number of amides is 1. The Morgan fingerprint density at radius 1 is 0.871 bits per heavy atom. The van der Waals surface area contributed by atoms with Crippen molar-refractivity contribution in [3.05, 3.63) is 94.5 Å². The van der Waals surface area contributed by atoms with Crippen molar-refractivity contribution in [2.75, 3.05) is 23.1 Å². The van der Waals surface area contributed by atoms with Crippen molar-refractivity contribution >= 4 is 33.0 Å². The number of sulfonamides is 1. The third-order valence-corrected chi connectivity index (χ3v) is 5.68. The molecular formula is C21H20N4O5S. The van der Waals surface area contributed by atoms with Gasteiger partial charge >= 0.3 is 0 Å². The molecule has 0 aromatic heterocycles. The van der Waals surface area contributed by atoms with Crippen LogP contribution < -0.4 is 15.4 Å². The Morgan fingerprint density at radius 3 is 2.19 bits per heavy atom. The Balaban J connectivity index is 1.54. The number of carbonyl (C=O) groups excluding carboxylic acids is 1. The van der Waals surface area contributed by atoms with Gasteiger partial charge in [0.05, 0.1) is 9.82 Å². The number of nitrogens with one attached hydrogen (secondary N) is 3. The monoisotopic (exact) mass is 440 g/mol. The third-order valence-electron chi connectivity index (χ3n) is 4.28. The molecule has 0 saturated carbocycles. The predicted molar refractivity (Wildman–Crippen MR) is 118 cm³/mol. The maximum atomic E-state index is 12.4. The van der Waals surface area contributed by atoms with Gasteiger partial charge in [0.2, 0.25) is 0 Å². The van der Waals surface area contributed by atoms with Crippen LogP contribution in [0.4, 0.5) is 17.1 Å². The highest BCUT2D eigenvalue weighted by atomic mass is 32.2. The largest absolute Gasteiger partial charge is 0.378 e. The minimum absolute atomic E-state index is 0.0333. The van der Waals surface area contributed by atoms with E-state index in [0.29, 0.717) is 16.9 Å². The maximum Gasteiger partial charge on any atom is 0.292 e. The topological polar surface area (TPSA) is 130 Å². The Morgan fingerprint density at radius 2 is 1.52 bits per heavy atom. The molecule has 0 saturated heterocycles. The summed E-state index contributed by atoms with van der Waals surface area (Å²) in [5.74, 6) is -0.385. The molecule has 3 N–H and O–H groups in total. The molecule has 3 aromatic carbocycles. The van der Waals surface area contributed by atoms with Gasteiger partial charge in [-0.15, -0.1) is 0 Å². The van der Waals surface area contributed by atoms with Gasteiger partial charge in [0.15, 0.2) is 0 Å². The molecular weight excluding hydrogens is 420 g/mol. The number of nitro groups is 1. The van der Waals surface area contributed by atoms with Crippen molar-refractivity contribution in [3.8, 4) is 0 Å². The van der Waals surface area contributed by atoms with Crippen LogP contribution in [-0.2, 0) is 10.0 Å². The van der Waals surface area contributed by atoms with Crippen molar-refractivity contribution in [1.82, 2.24) is 5.32 Å². The van der Waals surface area contributed by atoms with Gasteiger partial charge in [-0.2, -0.15) is 0 Å². The number of nitro benzene ring substituents is 1. The SMILES string of the molecule is O=C(NCCNc1ccccc1[N+](=O)[O-])c1ccc(S(=O)(=O)Nc2ccccc2)cc1. The van der Waals surface area contributed by atoms with Crippen LogP contribution in [0.15, 0.2) is 83.8 Å². The van der Waals surface area contributed by atoms with Gasteiger partial charge in [0.1, 0.15) is 5.69 Å². The van der Waals surface area contributed by atoms with E-state index in [0.717, 1.165) is 0 Å². The van der Waals surface area contributed by atoms with Crippen molar-refractivity contribution < 1.29 is 18.1 Å². The van der Waals surface area contributed by atoms with Crippen molar-refractivity contribution in [2.24, 2.45) is 0 Å². The molecule has 10 heteroatoms. The first-order valence-electron chi connectivity index (χ1n) is 9.30. The molecule has 0 bridgehead atoms. The van der Waals surface area contributed by atoms with Crippen LogP contribution in [-0.4, -0.2) is 32.3 Å². The Labute approximate surface area is 179 Å². The third kappa shape index (κ3) is 5.80. The van der Waals surface area contributed by atoms with Crippen LogP contribution >= 0.6 is 0 Å². The van der Waals surface area contributed by atoms with E-state index in [2.05, 4.69) is 15.4 Å². The molecule has 0 spiro atoms. The number of anilines is 2. The number of para-hydroxylation sites is 3. The van der Waals surface area contributed by atoms with Gasteiger partial charge in [0.25, 0.3) is 21.6 Å². The smallest absolute Gasteiger partial charge is 0.292 e. The van der Waals surface area contributed by atoms with Crippen molar-refractivity contribution in [2.45, 2.75) is 4.90 Å². The van der Waals surface area contributed by atoms with E-state index >= 15 is 0 Å². The average molecular weight is 440 g/mol. The molecule has 0 atom stereocenters. The Kier molecular flexibility index (Phi) is 6.83. The molecule has 0 radical (unpaired) electrons. The summed E-state index contributed by atoms with van der Waals surface area (Å²) in [6.45, 7) is 0.505. The van der Waals surface area contributed by atoms with Gasteiger partial charge in [-0.05, 0) is 42.5 Å². The number of hydrogen-bond donors (Lipinski definition) is 3. The Bertz CT molecular complexity index is 1170. The van der Waals surface area contributed by atoms with Crippen LogP contribution in [0.5, 0.6) is 0 Å². The normalized spacial score (nSPS) is 10.8. The standard InChI is InChI=1S/C21H20N4O5S/c26-21(23-15-14-22-19-8-4-5-9-20(19)25(27)28)16-10-12-18(13-11-16)31(29,30)24-17-6-2-1-3-7-17/h1-13,22,24H,14-15H2,(H,23,26). The Hall–Kier alpha value is -3.92. The lowest BCUT2D eigenvalue weighted by molar-refractivity contribution is -0.384. The first-order valence-corrected chi connectivity index (χ1v) is 10.8. The highest BCUT2D eigenvalue weighted by molar-refractivity contribution is 7.92. The second kappa shape index (κ2) is 9.72. The van der Waals surface area contributed by atoms with E-state index < -0.39 is 14.9 Å². The summed E-state index contributed by atoms with van der Waals surface area (Å²) < 4.78 is 27.3. The molecule has 0 aliphatic heterocycles. The molecule has 0 aliphatic carbocycles. The minimum Gasteiger partial charge on any atom is -0.378 e. The highest BCUT2D eigenvalue weighted by Gasteiger charge is 2.15. The molecule has 9 nitrogen and oxygen atoms in total. The van der Waals surface area contributed by atoms with Gasteiger partial charge in [-0.25, -0.2) is 8.42 Å². The number of nitrogens with zero attached hydrogens (tertiary/aromatic N) is 1. The fourth-order valence-corrected chi connectivity index (χ4v) is 3.82. The molecule has 0 unspecified atom stereocenters. The summed E-state index contributed by atoms with van der Waals surface area (Å²) in [7, 11) is -3.77. The van der Waals surface area contributed by atoms with Crippen molar-refractivity contribution in [3.63, 3.8) is 0 Å². The van der Waals surface area contributed by atoms with E-state index in [4.69, 9.17) is 0 Å². The van der Waals surface area contributed by atoms with Crippen LogP contribution in [0.2, 0.25) is 0 Å². The summed E-state index contributed by atoms with van der Waals surface area (Å²) in [6, 6.07) is 20.3. The zero-order chi connectivity index (χ0) is 22.3. The number of rotatable bonds is 9. The molecule has 1 amide bonds. The number of hydrogen-bond acceptors (Lipinski definition) is 6. The van der Waals surface area contributed by atoms with Crippen LogP contribution in [0.1, 0.15) is 10.4 Å². The van der Waals surface area contributed by atoms with Gasteiger partial charge in [-0.1, -0.05) is 30.3 Å². The molecule has 160 valence electrons. The van der Waals surface area contributed by atoms with Gasteiger partial charge < -0.3 is 10.6 Å². The zero-order valence-corrected chi connectivity index (χ0v) is 17.1. The second-order valence-corrected chi connectivity index (χ2v) is 8.14. The molecule has 0 heterocycles. The molecule has 3 rings (SSSR count). The first-order chi connectivity index (χ1) is 14.9. The first kappa shape index (κ1) is 21.8. The quantitative estimate of drug-likeness (QED) is 0.266. The second-order valence-electron chi connectivity index (χ2n) is 6.45. The summed E-state index contributed by atoms with van der Waals surface area (Å²) in [5, 5.41) is 16.6. The fraction of sp³-hybridized carbons (Fsp3) is 0.0952. The van der Waals surface area contributed by atoms with E-state index in [-0.39, 0.29) is 29.6 Å². The lowest BCUT2D eigenvalue weighted by atomic mass is 10.2. The van der Waals surface area contributed by atoms with Crippen molar-refractivity contribution in [1.29, 1.82) is 0 Å². The number of benzene rings is 3. The summed E-state index contributed by atoms with van der Waals surface area (Å²) in [6.07, 6.45) is 0. The van der Waals surface area contributed by atoms with E-state index in [1.165, 1.54) is 30.3 Å². The van der Waals surface area contributed by atoms with E-state index in [9.17, 15) is 23.3 Å². The summed E-state index contributed by atoms with van der Waals surface area (Å²) >= 11 is 0. The van der Waals surface area contributed by atoms with Crippen LogP contribution in [0.3, 0.4) is 0 Å². The summed E-state index contributed by atoms with van der Waals surface area (Å²) in [5.41, 5.74) is 1.05. The molecule has 3 aromatic rings. The van der Waals surface area contributed by atoms with Gasteiger partial charge in [-0.3, -0.25) is 19.6 Å². The minimum atomic E-state index is -3.77. The van der Waals surface area contributed by atoms with E-state index in [1.54, 1.807) is 48.5 Å². The highest BCUT2D eigenvalue weighted by Crippen LogP contribution is 2.22. The van der Waals surface area contributed by atoms with E-state index in [1.807, 2.05) is 0 Å². The van der Waals surface area contributed by atoms with Gasteiger partial charge in [0, 0.05) is 30.4 Å². The lowest BCUT2D eigenvalue weighted by Gasteiger charge is -2.10. The fourth-order valence-electron chi connectivity index (χ4n) is 2.76. The van der Waals surface area contributed by atoms with Crippen LogP contribution in [0, 0.1) is 10.1 Å².